The van der Waals surface area contributed by atoms with Crippen LogP contribution < -0.4 is 10.2 Å². The second kappa shape index (κ2) is 9.66. The molecule has 0 aliphatic rings. The van der Waals surface area contributed by atoms with Gasteiger partial charge in [0.05, 0.1) is 0 Å². The molecule has 0 heterocycles. The monoisotopic (exact) mass is 349 g/mol. The summed E-state index contributed by atoms with van der Waals surface area (Å²) in [5.41, 5.74) is 2.07. The van der Waals surface area contributed by atoms with E-state index in [0.29, 0.717) is 6.42 Å². The Morgan fingerprint density at radius 2 is 1.92 bits per heavy atom. The first-order chi connectivity index (χ1) is 11.7. The van der Waals surface area contributed by atoms with Crippen LogP contribution in [-0.2, 0) is 20.8 Å². The van der Waals surface area contributed by atoms with Crippen LogP contribution in [0.5, 0.6) is 0 Å². The van der Waals surface area contributed by atoms with Crippen LogP contribution in [0.3, 0.4) is 0 Å². The first-order valence-electron chi connectivity index (χ1n) is 8.25. The number of anilines is 1. The van der Waals surface area contributed by atoms with Crippen LogP contribution in [0.15, 0.2) is 24.3 Å². The van der Waals surface area contributed by atoms with Gasteiger partial charge in [-0.1, -0.05) is 12.1 Å². The minimum atomic E-state index is -1.06. The highest BCUT2D eigenvalue weighted by Gasteiger charge is 2.24. The van der Waals surface area contributed by atoms with Gasteiger partial charge in [-0.25, -0.2) is 4.79 Å². The average Bonchev–Trinajstić information content (AvgIpc) is 2.56. The lowest BCUT2D eigenvalue weighted by Gasteiger charge is -2.26. The number of aliphatic carboxylic acids is 1. The molecule has 0 aliphatic carbocycles. The van der Waals surface area contributed by atoms with Gasteiger partial charge >= 0.3 is 5.97 Å². The fraction of sp³-hybridized carbons (Fsp3) is 0.500. The molecule has 2 N–H and O–H groups in total. The highest BCUT2D eigenvalue weighted by molar-refractivity contribution is 5.83. The minimum Gasteiger partial charge on any atom is -0.480 e. The highest BCUT2D eigenvalue weighted by Crippen LogP contribution is 2.15. The summed E-state index contributed by atoms with van der Waals surface area (Å²) in [7, 11) is 3.89. The number of hydrogen-bond donors (Lipinski definition) is 2. The van der Waals surface area contributed by atoms with E-state index in [2.05, 4.69) is 5.32 Å². The molecule has 0 saturated carbocycles. The summed E-state index contributed by atoms with van der Waals surface area (Å²) >= 11 is 0. The fourth-order valence-electron chi connectivity index (χ4n) is 2.41. The summed E-state index contributed by atoms with van der Waals surface area (Å²) in [6.45, 7) is 3.25. The van der Waals surface area contributed by atoms with Crippen LogP contribution in [0.4, 0.5) is 5.69 Å². The molecule has 0 aromatic heterocycles. The third-order valence-electron chi connectivity index (χ3n) is 3.93. The second-order valence-electron chi connectivity index (χ2n) is 6.15. The van der Waals surface area contributed by atoms with Gasteiger partial charge in [0.1, 0.15) is 6.04 Å². The summed E-state index contributed by atoms with van der Waals surface area (Å²) in [5, 5.41) is 11.8. The third-order valence-corrected chi connectivity index (χ3v) is 3.93. The number of amides is 2. The van der Waals surface area contributed by atoms with Crippen molar-refractivity contribution < 1.29 is 19.5 Å². The van der Waals surface area contributed by atoms with Gasteiger partial charge in [-0.3, -0.25) is 9.59 Å². The van der Waals surface area contributed by atoms with Gasteiger partial charge in [0.15, 0.2) is 0 Å². The van der Waals surface area contributed by atoms with E-state index in [1.165, 1.54) is 18.7 Å². The summed E-state index contributed by atoms with van der Waals surface area (Å²) in [6.07, 6.45) is 0.748. The zero-order chi connectivity index (χ0) is 19.0. The van der Waals surface area contributed by atoms with Crippen molar-refractivity contribution >= 4 is 23.5 Å². The SMILES string of the molecule is CC(=O)NCCN(C(=O)CCc1cccc(N(C)C)c1)C(C)C(=O)O. The first-order valence-corrected chi connectivity index (χ1v) is 8.25. The molecule has 1 unspecified atom stereocenters. The van der Waals surface area contributed by atoms with Crippen LogP contribution in [0.1, 0.15) is 25.8 Å². The van der Waals surface area contributed by atoms with Gasteiger partial charge in [0, 0.05) is 46.2 Å². The van der Waals surface area contributed by atoms with Gasteiger partial charge in [0.2, 0.25) is 11.8 Å². The van der Waals surface area contributed by atoms with Crippen LogP contribution in [-0.4, -0.2) is 61.0 Å². The van der Waals surface area contributed by atoms with Gasteiger partial charge in [0.25, 0.3) is 0 Å². The number of carboxylic acid groups (broad SMARTS) is 1. The molecule has 1 rings (SSSR count). The smallest absolute Gasteiger partial charge is 0.326 e. The maximum atomic E-state index is 12.5. The minimum absolute atomic E-state index is 0.170. The molecule has 0 saturated heterocycles. The van der Waals surface area contributed by atoms with Gasteiger partial charge in [-0.2, -0.15) is 0 Å². The molecule has 0 aliphatic heterocycles. The van der Waals surface area contributed by atoms with Crippen molar-refractivity contribution in [1.29, 1.82) is 0 Å². The number of benzene rings is 1. The lowest BCUT2D eigenvalue weighted by atomic mass is 10.1. The zero-order valence-corrected chi connectivity index (χ0v) is 15.3. The molecule has 1 aromatic rings. The summed E-state index contributed by atoms with van der Waals surface area (Å²) in [6, 6.07) is 6.94. The van der Waals surface area contributed by atoms with Crippen molar-refractivity contribution in [3.05, 3.63) is 29.8 Å². The highest BCUT2D eigenvalue weighted by atomic mass is 16.4. The Hall–Kier alpha value is -2.57. The van der Waals surface area contributed by atoms with Crippen LogP contribution in [0.25, 0.3) is 0 Å². The lowest BCUT2D eigenvalue weighted by molar-refractivity contribution is -0.149. The van der Waals surface area contributed by atoms with E-state index >= 15 is 0 Å². The molecule has 1 atom stereocenters. The Labute approximate surface area is 148 Å². The van der Waals surface area contributed by atoms with Crippen molar-refractivity contribution in [3.8, 4) is 0 Å². The van der Waals surface area contributed by atoms with Gasteiger partial charge < -0.3 is 20.2 Å². The topological polar surface area (TPSA) is 90.0 Å². The number of nitrogens with zero attached hydrogens (tertiary/aromatic N) is 2. The number of rotatable bonds is 9. The Balaban J connectivity index is 2.72. The van der Waals surface area contributed by atoms with E-state index in [0.717, 1.165) is 11.3 Å². The Bertz CT molecular complexity index is 616. The Morgan fingerprint density at radius 1 is 1.24 bits per heavy atom. The molecule has 0 fully saturated rings. The van der Waals surface area contributed by atoms with E-state index in [1.807, 2.05) is 43.3 Å². The summed E-state index contributed by atoms with van der Waals surface area (Å²) < 4.78 is 0. The molecule has 7 heteroatoms. The van der Waals surface area contributed by atoms with E-state index in [-0.39, 0.29) is 31.3 Å². The molecule has 0 radical (unpaired) electrons. The third kappa shape index (κ3) is 6.82. The molecule has 0 bridgehead atoms. The number of aryl methyl sites for hydroxylation is 1. The number of carbonyl (C=O) groups is 3. The summed E-state index contributed by atoms with van der Waals surface area (Å²) in [4.78, 5) is 38.0. The molecule has 7 nitrogen and oxygen atoms in total. The van der Waals surface area contributed by atoms with E-state index in [9.17, 15) is 19.5 Å². The predicted molar refractivity (Wildman–Crippen MR) is 96.6 cm³/mol. The summed E-state index contributed by atoms with van der Waals surface area (Å²) in [5.74, 6) is -1.52. The maximum absolute atomic E-state index is 12.5. The van der Waals surface area contributed by atoms with Gasteiger partial charge in [-0.15, -0.1) is 0 Å². The Kier molecular flexibility index (Phi) is 7.91. The lowest BCUT2D eigenvalue weighted by Crippen LogP contribution is -2.46. The van der Waals surface area contributed by atoms with Crippen LogP contribution in [0.2, 0.25) is 0 Å². The second-order valence-corrected chi connectivity index (χ2v) is 6.15. The van der Waals surface area contributed by atoms with E-state index in [1.54, 1.807) is 0 Å². The Morgan fingerprint density at radius 3 is 2.48 bits per heavy atom. The number of carboxylic acids is 1. The van der Waals surface area contributed by atoms with E-state index in [4.69, 9.17) is 0 Å². The van der Waals surface area contributed by atoms with Crippen molar-refractivity contribution in [2.24, 2.45) is 0 Å². The maximum Gasteiger partial charge on any atom is 0.326 e. The van der Waals surface area contributed by atoms with Crippen LogP contribution >= 0.6 is 0 Å². The van der Waals surface area contributed by atoms with Crippen LogP contribution in [0, 0.1) is 0 Å². The fourth-order valence-corrected chi connectivity index (χ4v) is 2.41. The number of hydrogen-bond acceptors (Lipinski definition) is 4. The zero-order valence-electron chi connectivity index (χ0n) is 15.3. The quantitative estimate of drug-likeness (QED) is 0.697. The number of nitrogens with one attached hydrogen (secondary N) is 1. The molecular formula is C18H27N3O4. The number of carbonyl (C=O) groups excluding carboxylic acids is 2. The van der Waals surface area contributed by atoms with E-state index < -0.39 is 12.0 Å². The standard InChI is InChI=1S/C18H27N3O4/c1-13(18(24)25)21(11-10-19-14(2)22)17(23)9-8-15-6-5-7-16(12-15)20(3)4/h5-7,12-13H,8-11H2,1-4H3,(H,19,22)(H,24,25). The largest absolute Gasteiger partial charge is 0.480 e. The van der Waals surface area contributed by atoms with Crippen molar-refractivity contribution in [1.82, 2.24) is 10.2 Å². The van der Waals surface area contributed by atoms with Crippen molar-refractivity contribution in [2.75, 3.05) is 32.1 Å². The molecule has 0 spiro atoms. The average molecular weight is 349 g/mol. The normalized spacial score (nSPS) is 11.5. The van der Waals surface area contributed by atoms with Crippen molar-refractivity contribution in [3.63, 3.8) is 0 Å². The first kappa shape index (κ1) is 20.5. The molecule has 1 aromatic carbocycles. The predicted octanol–water partition coefficient (Wildman–Crippen LogP) is 1.12. The molecule has 2 amide bonds. The van der Waals surface area contributed by atoms with Crippen molar-refractivity contribution in [2.45, 2.75) is 32.7 Å². The molecular weight excluding hydrogens is 322 g/mol. The van der Waals surface area contributed by atoms with Gasteiger partial charge in [-0.05, 0) is 31.0 Å². The molecule has 138 valence electrons. The molecule has 25 heavy (non-hydrogen) atoms.